The molecule has 2 aliphatic heterocycles. The van der Waals surface area contributed by atoms with Gasteiger partial charge in [0, 0.05) is 75.0 Å². The van der Waals surface area contributed by atoms with Gasteiger partial charge in [0.05, 0.1) is 0 Å². The molecule has 0 radical (unpaired) electrons. The van der Waals surface area contributed by atoms with E-state index in [0.29, 0.717) is 12.1 Å². The smallest absolute Gasteiger partial charge is 0.227 e. The Hall–Kier alpha value is -2.38. The third kappa shape index (κ3) is 3.61. The molecule has 0 saturated carbocycles. The van der Waals surface area contributed by atoms with Crippen molar-refractivity contribution in [2.75, 3.05) is 37.7 Å². The third-order valence-corrected chi connectivity index (χ3v) is 6.77. The van der Waals surface area contributed by atoms with Gasteiger partial charge in [-0.3, -0.25) is 9.47 Å². The van der Waals surface area contributed by atoms with Gasteiger partial charge < -0.3 is 14.6 Å². The van der Waals surface area contributed by atoms with E-state index in [1.165, 1.54) is 16.5 Å². The van der Waals surface area contributed by atoms with Crippen molar-refractivity contribution in [3.63, 3.8) is 0 Å². The van der Waals surface area contributed by atoms with Crippen LogP contribution in [0.1, 0.15) is 38.1 Å². The van der Waals surface area contributed by atoms with Crippen molar-refractivity contribution in [2.45, 2.75) is 51.7 Å². The van der Waals surface area contributed by atoms with Crippen molar-refractivity contribution in [3.05, 3.63) is 41.9 Å². The minimum atomic E-state index is 0.428. The van der Waals surface area contributed by atoms with E-state index in [-0.39, 0.29) is 0 Å². The van der Waals surface area contributed by atoms with E-state index in [1.807, 2.05) is 0 Å². The molecule has 1 atom stereocenters. The summed E-state index contributed by atoms with van der Waals surface area (Å²) in [5, 5.41) is 10.5. The molecule has 0 unspecified atom stereocenters. The molecule has 7 heteroatoms. The number of rotatable bonds is 5. The van der Waals surface area contributed by atoms with Crippen LogP contribution in [0.5, 0.6) is 0 Å². The van der Waals surface area contributed by atoms with Crippen molar-refractivity contribution in [1.82, 2.24) is 24.6 Å². The molecule has 2 aliphatic rings. The fourth-order valence-electron chi connectivity index (χ4n) is 5.11. The first-order chi connectivity index (χ1) is 14.7. The minimum Gasteiger partial charge on any atom is -0.381 e. The van der Waals surface area contributed by atoms with Crippen molar-refractivity contribution in [1.29, 1.82) is 0 Å². The second kappa shape index (κ2) is 8.40. The van der Waals surface area contributed by atoms with Crippen LogP contribution < -0.4 is 4.90 Å². The monoisotopic (exact) mass is 408 g/mol. The first-order valence-electron chi connectivity index (χ1n) is 11.3. The Morgan fingerprint density at radius 3 is 2.77 bits per heavy atom. The maximum atomic E-state index is 5.55. The first-order valence-corrected chi connectivity index (χ1v) is 11.3. The van der Waals surface area contributed by atoms with Crippen LogP contribution in [0, 0.1) is 0 Å². The number of nitrogens with one attached hydrogen (secondary N) is 1. The highest BCUT2D eigenvalue weighted by Gasteiger charge is 2.32. The molecule has 5 rings (SSSR count). The standard InChI is InChI=1S/C23H32N6O/c1-3-28-22(14-18-15-24-21-7-5-4-6-20(18)21)25-26-23(28)29-11-10-27(16-17(29)2)19-8-12-30-13-9-19/h4-7,15,17,19,24H,3,8-14,16H2,1-2H3/t17-/m0/s1. The minimum absolute atomic E-state index is 0.428. The van der Waals surface area contributed by atoms with Crippen LogP contribution in [0.4, 0.5) is 5.95 Å². The molecular weight excluding hydrogens is 376 g/mol. The summed E-state index contributed by atoms with van der Waals surface area (Å²) in [7, 11) is 0. The molecule has 1 N–H and O–H groups in total. The number of H-pyrrole nitrogens is 1. The van der Waals surface area contributed by atoms with Crippen LogP contribution in [0.3, 0.4) is 0 Å². The topological polar surface area (TPSA) is 62.2 Å². The molecule has 2 fully saturated rings. The van der Waals surface area contributed by atoms with Crippen molar-refractivity contribution in [2.24, 2.45) is 0 Å². The van der Waals surface area contributed by atoms with Crippen LogP contribution in [-0.4, -0.2) is 69.6 Å². The van der Waals surface area contributed by atoms with Gasteiger partial charge in [-0.25, -0.2) is 0 Å². The zero-order valence-electron chi connectivity index (χ0n) is 18.0. The molecule has 160 valence electrons. The van der Waals surface area contributed by atoms with Crippen LogP contribution in [0.2, 0.25) is 0 Å². The maximum absolute atomic E-state index is 5.55. The summed E-state index contributed by atoms with van der Waals surface area (Å²) in [4.78, 5) is 8.48. The van der Waals surface area contributed by atoms with Crippen molar-refractivity contribution in [3.8, 4) is 0 Å². The zero-order valence-corrected chi connectivity index (χ0v) is 18.0. The number of aromatic nitrogens is 4. The number of nitrogens with zero attached hydrogens (tertiary/aromatic N) is 5. The Morgan fingerprint density at radius 1 is 1.13 bits per heavy atom. The van der Waals surface area contributed by atoms with E-state index >= 15 is 0 Å². The number of fused-ring (bicyclic) bond motifs is 1. The van der Waals surface area contributed by atoms with Gasteiger partial charge in [-0.15, -0.1) is 10.2 Å². The van der Waals surface area contributed by atoms with Gasteiger partial charge in [0.2, 0.25) is 5.95 Å². The second-order valence-electron chi connectivity index (χ2n) is 8.58. The zero-order chi connectivity index (χ0) is 20.5. The molecule has 0 amide bonds. The van der Waals surface area contributed by atoms with Crippen LogP contribution >= 0.6 is 0 Å². The van der Waals surface area contributed by atoms with Gasteiger partial charge in [-0.1, -0.05) is 18.2 Å². The van der Waals surface area contributed by atoms with E-state index in [2.05, 4.69) is 73.9 Å². The van der Waals surface area contributed by atoms with E-state index in [1.54, 1.807) is 0 Å². The highest BCUT2D eigenvalue weighted by atomic mass is 16.5. The summed E-state index contributed by atoms with van der Waals surface area (Å²) in [6.45, 7) is 10.4. The van der Waals surface area contributed by atoms with E-state index < -0.39 is 0 Å². The molecule has 2 aromatic heterocycles. The summed E-state index contributed by atoms with van der Waals surface area (Å²) in [5.74, 6) is 2.06. The summed E-state index contributed by atoms with van der Waals surface area (Å²) in [6.07, 6.45) is 5.22. The predicted octanol–water partition coefficient (Wildman–Crippen LogP) is 3.06. The molecular formula is C23H32N6O. The average molecular weight is 409 g/mol. The first kappa shape index (κ1) is 19.6. The van der Waals surface area contributed by atoms with Gasteiger partial charge in [-0.05, 0) is 38.3 Å². The lowest BCUT2D eigenvalue weighted by Crippen LogP contribution is -2.56. The van der Waals surface area contributed by atoms with Gasteiger partial charge in [0.25, 0.3) is 0 Å². The normalized spacial score (nSPS) is 21.5. The number of hydrogen-bond donors (Lipinski definition) is 1. The molecule has 2 saturated heterocycles. The number of benzene rings is 1. The van der Waals surface area contributed by atoms with Gasteiger partial charge in [-0.2, -0.15) is 0 Å². The van der Waals surface area contributed by atoms with Crippen LogP contribution in [0.15, 0.2) is 30.5 Å². The molecule has 0 spiro atoms. The largest absolute Gasteiger partial charge is 0.381 e. The molecule has 30 heavy (non-hydrogen) atoms. The van der Waals surface area contributed by atoms with Crippen LogP contribution in [0.25, 0.3) is 10.9 Å². The van der Waals surface area contributed by atoms with Gasteiger partial charge >= 0.3 is 0 Å². The Bertz CT molecular complexity index is 989. The average Bonchev–Trinajstić information content (AvgIpc) is 3.38. The fraction of sp³-hybridized carbons (Fsp3) is 0.565. The SMILES string of the molecule is CCn1c(Cc2c[nH]c3ccccc23)nnc1N1CCN(C2CCOCC2)C[C@@H]1C. The molecule has 7 nitrogen and oxygen atoms in total. The van der Waals surface area contributed by atoms with Crippen LogP contribution in [-0.2, 0) is 17.7 Å². The van der Waals surface area contributed by atoms with Gasteiger partial charge in [0.15, 0.2) is 0 Å². The highest BCUT2D eigenvalue weighted by Crippen LogP contribution is 2.26. The molecule has 1 aromatic carbocycles. The number of piperazine rings is 1. The highest BCUT2D eigenvalue weighted by molar-refractivity contribution is 5.83. The fourth-order valence-corrected chi connectivity index (χ4v) is 5.11. The number of para-hydroxylation sites is 1. The number of anilines is 1. The Kier molecular flexibility index (Phi) is 5.48. The summed E-state index contributed by atoms with van der Waals surface area (Å²) in [6, 6.07) is 9.55. The van der Waals surface area contributed by atoms with Crippen molar-refractivity contribution < 1.29 is 4.74 Å². The number of ether oxygens (including phenoxy) is 1. The lowest BCUT2D eigenvalue weighted by atomic mass is 10.0. The Labute approximate surface area is 178 Å². The molecule has 3 aromatic rings. The summed E-state index contributed by atoms with van der Waals surface area (Å²) < 4.78 is 7.84. The maximum Gasteiger partial charge on any atom is 0.227 e. The van der Waals surface area contributed by atoms with Crippen molar-refractivity contribution >= 4 is 16.9 Å². The summed E-state index contributed by atoms with van der Waals surface area (Å²) in [5.41, 5.74) is 2.45. The molecule has 0 bridgehead atoms. The van der Waals surface area contributed by atoms with E-state index in [9.17, 15) is 0 Å². The lowest BCUT2D eigenvalue weighted by Gasteiger charge is -2.44. The second-order valence-corrected chi connectivity index (χ2v) is 8.58. The molecule has 0 aliphatic carbocycles. The van der Waals surface area contributed by atoms with E-state index in [4.69, 9.17) is 4.74 Å². The quantitative estimate of drug-likeness (QED) is 0.703. The lowest BCUT2D eigenvalue weighted by molar-refractivity contribution is 0.0278. The van der Waals surface area contributed by atoms with E-state index in [0.717, 1.165) is 70.4 Å². The molecule has 4 heterocycles. The number of hydrogen-bond acceptors (Lipinski definition) is 5. The third-order valence-electron chi connectivity index (χ3n) is 6.77. The predicted molar refractivity (Wildman–Crippen MR) is 119 cm³/mol. The van der Waals surface area contributed by atoms with Gasteiger partial charge in [0.1, 0.15) is 5.82 Å². The Balaban J connectivity index is 1.34. The number of aromatic amines is 1. The Morgan fingerprint density at radius 2 is 1.97 bits per heavy atom. The summed E-state index contributed by atoms with van der Waals surface area (Å²) >= 11 is 0.